The highest BCUT2D eigenvalue weighted by Gasteiger charge is 2.11. The van der Waals surface area contributed by atoms with Crippen LogP contribution >= 0.6 is 23.6 Å². The fourth-order valence-electron chi connectivity index (χ4n) is 1.56. The van der Waals surface area contributed by atoms with Crippen molar-refractivity contribution in [2.45, 2.75) is 13.8 Å². The minimum atomic E-state index is -0.172. The minimum absolute atomic E-state index is 0.172. The molecule has 1 amide bonds. The van der Waals surface area contributed by atoms with Crippen LogP contribution in [-0.2, 0) is 0 Å². The molecule has 0 fully saturated rings. The van der Waals surface area contributed by atoms with Crippen LogP contribution in [0.4, 0.5) is 5.69 Å². The van der Waals surface area contributed by atoms with Crippen molar-refractivity contribution < 1.29 is 4.79 Å². The van der Waals surface area contributed by atoms with Gasteiger partial charge in [0.2, 0.25) is 0 Å². The number of nitrogens with one attached hydrogen (secondary N) is 1. The van der Waals surface area contributed by atoms with Crippen LogP contribution in [0.1, 0.15) is 25.8 Å². The number of hydrogen-bond donors (Lipinski definition) is 2. The van der Waals surface area contributed by atoms with Gasteiger partial charge in [0.15, 0.2) is 0 Å². The van der Waals surface area contributed by atoms with E-state index in [1.165, 1.54) is 11.3 Å². The molecule has 0 atom stereocenters. The molecule has 1 aromatic carbocycles. The van der Waals surface area contributed by atoms with E-state index in [1.807, 2.05) is 26.0 Å². The van der Waals surface area contributed by atoms with Gasteiger partial charge in [-0.25, -0.2) is 4.98 Å². The number of benzene rings is 1. The zero-order valence-corrected chi connectivity index (χ0v) is 12.2. The lowest BCUT2D eigenvalue weighted by Crippen LogP contribution is -2.14. The molecule has 0 aliphatic carbocycles. The van der Waals surface area contributed by atoms with E-state index in [1.54, 1.807) is 12.3 Å². The average Bonchev–Trinajstić information content (AvgIpc) is 2.78. The molecule has 4 nitrogen and oxygen atoms in total. The third kappa shape index (κ3) is 3.15. The normalized spacial score (nSPS) is 10.2. The second kappa shape index (κ2) is 5.46. The molecule has 0 aliphatic rings. The third-order valence-corrected chi connectivity index (χ3v) is 3.76. The van der Waals surface area contributed by atoms with Crippen molar-refractivity contribution in [1.82, 2.24) is 4.98 Å². The highest BCUT2D eigenvalue weighted by molar-refractivity contribution is 7.80. The van der Waals surface area contributed by atoms with Gasteiger partial charge in [-0.05, 0) is 25.5 Å². The van der Waals surface area contributed by atoms with Gasteiger partial charge in [0.25, 0.3) is 5.91 Å². The third-order valence-electron chi connectivity index (χ3n) is 2.62. The quantitative estimate of drug-likeness (QED) is 0.853. The molecule has 2 rings (SSSR count). The largest absolute Gasteiger partial charge is 0.389 e. The molecule has 1 heterocycles. The van der Waals surface area contributed by atoms with Crippen molar-refractivity contribution in [3.63, 3.8) is 0 Å². The van der Waals surface area contributed by atoms with Crippen LogP contribution in [-0.4, -0.2) is 15.9 Å². The summed E-state index contributed by atoms with van der Waals surface area (Å²) < 4.78 is 0. The topological polar surface area (TPSA) is 68.0 Å². The van der Waals surface area contributed by atoms with Crippen molar-refractivity contribution in [2.24, 2.45) is 5.73 Å². The number of thiocarbonyl (C=S) groups is 1. The van der Waals surface area contributed by atoms with E-state index in [0.717, 1.165) is 16.1 Å². The summed E-state index contributed by atoms with van der Waals surface area (Å²) in [6.07, 6.45) is 1.57. The Kier molecular flexibility index (Phi) is 3.92. The first-order chi connectivity index (χ1) is 8.97. The Morgan fingerprint density at radius 2 is 2.16 bits per heavy atom. The molecule has 19 heavy (non-hydrogen) atoms. The molecular weight excluding hydrogens is 278 g/mol. The summed E-state index contributed by atoms with van der Waals surface area (Å²) in [4.78, 5) is 17.0. The van der Waals surface area contributed by atoms with Gasteiger partial charge in [-0.1, -0.05) is 24.4 Å². The number of carbonyl (C=O) groups is 1. The van der Waals surface area contributed by atoms with Crippen molar-refractivity contribution in [3.05, 3.63) is 45.4 Å². The van der Waals surface area contributed by atoms with Crippen LogP contribution in [0, 0.1) is 13.8 Å². The number of nitrogens with two attached hydrogens (primary N) is 1. The van der Waals surface area contributed by atoms with Gasteiger partial charge in [0.1, 0.15) is 9.87 Å². The number of carbonyl (C=O) groups excluding carboxylic acids is 1. The molecular formula is C13H13N3OS2. The molecule has 3 N–H and O–H groups in total. The Morgan fingerprint density at radius 1 is 1.42 bits per heavy atom. The molecule has 0 bridgehead atoms. The molecule has 0 saturated carbocycles. The summed E-state index contributed by atoms with van der Waals surface area (Å²) in [6.45, 7) is 3.77. The number of aryl methyl sites for hydroxylation is 2. The molecule has 0 saturated heterocycles. The Balaban J connectivity index is 2.25. The summed E-state index contributed by atoms with van der Waals surface area (Å²) >= 11 is 6.29. The zero-order chi connectivity index (χ0) is 14.0. The van der Waals surface area contributed by atoms with E-state index < -0.39 is 0 Å². The Morgan fingerprint density at radius 3 is 2.74 bits per heavy atom. The van der Waals surface area contributed by atoms with Gasteiger partial charge in [-0.2, -0.15) is 0 Å². The van der Waals surface area contributed by atoms with Crippen molar-refractivity contribution >= 4 is 40.1 Å². The lowest BCUT2D eigenvalue weighted by molar-refractivity contribution is 0.103. The highest BCUT2D eigenvalue weighted by Crippen LogP contribution is 2.19. The number of hydrogen-bond acceptors (Lipinski definition) is 4. The van der Waals surface area contributed by atoms with Crippen molar-refractivity contribution in [1.29, 1.82) is 0 Å². The maximum atomic E-state index is 12.1. The van der Waals surface area contributed by atoms with E-state index in [2.05, 4.69) is 10.3 Å². The van der Waals surface area contributed by atoms with E-state index in [9.17, 15) is 4.79 Å². The zero-order valence-electron chi connectivity index (χ0n) is 10.6. The average molecular weight is 291 g/mol. The smallest absolute Gasteiger partial charge is 0.267 e. The number of thiazole rings is 1. The molecule has 0 aliphatic heterocycles. The van der Waals surface area contributed by atoms with Crippen LogP contribution < -0.4 is 11.1 Å². The first kappa shape index (κ1) is 13.6. The molecule has 0 spiro atoms. The van der Waals surface area contributed by atoms with E-state index in [4.69, 9.17) is 18.0 Å². The van der Waals surface area contributed by atoms with Crippen LogP contribution in [0.3, 0.4) is 0 Å². The summed E-state index contributed by atoms with van der Waals surface area (Å²) in [5, 5.41) is 3.71. The maximum Gasteiger partial charge on any atom is 0.267 e. The summed E-state index contributed by atoms with van der Waals surface area (Å²) in [6, 6.07) is 5.50. The van der Waals surface area contributed by atoms with E-state index in [-0.39, 0.29) is 5.91 Å². The molecule has 6 heteroatoms. The van der Waals surface area contributed by atoms with Gasteiger partial charge >= 0.3 is 0 Å². The second-order valence-corrected chi connectivity index (χ2v) is 5.77. The lowest BCUT2D eigenvalue weighted by Gasteiger charge is -2.09. The van der Waals surface area contributed by atoms with Crippen molar-refractivity contribution in [3.8, 4) is 0 Å². The number of nitrogens with zero attached hydrogens (tertiary/aromatic N) is 1. The fourth-order valence-corrected chi connectivity index (χ4v) is 2.36. The van der Waals surface area contributed by atoms with Gasteiger partial charge in [0.05, 0.1) is 11.2 Å². The monoisotopic (exact) mass is 291 g/mol. The maximum absolute atomic E-state index is 12.1. The Hall–Kier alpha value is -1.79. The van der Waals surface area contributed by atoms with Crippen LogP contribution in [0.15, 0.2) is 24.4 Å². The van der Waals surface area contributed by atoms with Crippen LogP contribution in [0.2, 0.25) is 0 Å². The van der Waals surface area contributed by atoms with Gasteiger partial charge in [-0.3, -0.25) is 4.79 Å². The summed E-state index contributed by atoms with van der Waals surface area (Å²) in [5.41, 5.74) is 7.98. The lowest BCUT2D eigenvalue weighted by atomic mass is 10.1. The molecule has 2 aromatic rings. The number of anilines is 1. The second-order valence-electron chi connectivity index (χ2n) is 4.09. The number of rotatable bonds is 3. The molecule has 0 unspecified atom stereocenters. The van der Waals surface area contributed by atoms with E-state index in [0.29, 0.717) is 15.6 Å². The number of aromatic nitrogens is 1. The Bertz CT molecular complexity index is 649. The number of amides is 1. The standard InChI is InChI=1S/C13H13N3OS2/c1-7-3-4-9(12(14)18)5-10(7)16-13(17)11-6-15-8(2)19-11/h3-6H,1-2H3,(H2,14,18)(H,16,17). The predicted molar refractivity (Wildman–Crippen MR) is 81.9 cm³/mol. The molecule has 0 radical (unpaired) electrons. The van der Waals surface area contributed by atoms with Crippen molar-refractivity contribution in [2.75, 3.05) is 5.32 Å². The predicted octanol–water partition coefficient (Wildman–Crippen LogP) is 2.65. The summed E-state index contributed by atoms with van der Waals surface area (Å²) in [7, 11) is 0. The van der Waals surface area contributed by atoms with E-state index >= 15 is 0 Å². The van der Waals surface area contributed by atoms with Gasteiger partial charge in [-0.15, -0.1) is 11.3 Å². The first-order valence-electron chi connectivity index (χ1n) is 5.61. The SMILES string of the molecule is Cc1ncc(C(=O)Nc2cc(C(N)=S)ccc2C)s1. The first-order valence-corrected chi connectivity index (χ1v) is 6.84. The van der Waals surface area contributed by atoms with Gasteiger partial charge < -0.3 is 11.1 Å². The van der Waals surface area contributed by atoms with Crippen LogP contribution in [0.25, 0.3) is 0 Å². The molecule has 98 valence electrons. The summed E-state index contributed by atoms with van der Waals surface area (Å²) in [5.74, 6) is -0.172. The Labute approximate surface area is 120 Å². The minimum Gasteiger partial charge on any atom is -0.389 e. The molecule has 1 aromatic heterocycles. The fraction of sp³-hybridized carbons (Fsp3) is 0.154. The van der Waals surface area contributed by atoms with Crippen LogP contribution in [0.5, 0.6) is 0 Å². The highest BCUT2D eigenvalue weighted by atomic mass is 32.1. The van der Waals surface area contributed by atoms with Gasteiger partial charge in [0, 0.05) is 11.3 Å².